The largest absolute Gasteiger partial charge is 0.393 e. The molecule has 1 aromatic rings. The van der Waals surface area contributed by atoms with Gasteiger partial charge in [-0.3, -0.25) is 0 Å². The van der Waals surface area contributed by atoms with Crippen molar-refractivity contribution in [2.75, 3.05) is 13.6 Å². The van der Waals surface area contributed by atoms with Gasteiger partial charge in [0.25, 0.3) is 0 Å². The van der Waals surface area contributed by atoms with Crippen molar-refractivity contribution in [2.24, 2.45) is 5.73 Å². The van der Waals surface area contributed by atoms with E-state index in [-0.39, 0.29) is 16.4 Å². The molecule has 0 amide bonds. The molecule has 0 aliphatic carbocycles. The lowest BCUT2D eigenvalue weighted by Gasteiger charge is -2.18. The molecule has 7 heteroatoms. The lowest BCUT2D eigenvalue weighted by molar-refractivity contribution is 0.177. The molecular formula is C12H18N2O3S2. The monoisotopic (exact) mass is 302 g/mol. The van der Waals surface area contributed by atoms with Crippen LogP contribution in [0.4, 0.5) is 0 Å². The van der Waals surface area contributed by atoms with Gasteiger partial charge in [0.05, 0.1) is 11.0 Å². The molecule has 0 heterocycles. The molecule has 0 bridgehead atoms. The van der Waals surface area contributed by atoms with Crippen molar-refractivity contribution in [3.05, 3.63) is 29.8 Å². The Morgan fingerprint density at radius 2 is 1.95 bits per heavy atom. The number of aliphatic hydroxyl groups is 1. The number of hydrogen-bond donors (Lipinski definition) is 2. The van der Waals surface area contributed by atoms with Crippen molar-refractivity contribution in [2.45, 2.75) is 24.3 Å². The summed E-state index contributed by atoms with van der Waals surface area (Å²) in [4.78, 5) is 0.409. The number of sulfonamides is 1. The summed E-state index contributed by atoms with van der Waals surface area (Å²) in [5, 5.41) is 9.19. The molecule has 0 aliphatic rings. The Morgan fingerprint density at radius 3 is 2.37 bits per heavy atom. The first-order chi connectivity index (χ1) is 8.75. The predicted molar refractivity (Wildman–Crippen MR) is 78.4 cm³/mol. The van der Waals surface area contributed by atoms with Gasteiger partial charge in [-0.2, -0.15) is 0 Å². The van der Waals surface area contributed by atoms with E-state index in [2.05, 4.69) is 0 Å². The number of nitrogens with zero attached hydrogens (tertiary/aromatic N) is 1. The third-order valence-electron chi connectivity index (χ3n) is 2.71. The average molecular weight is 302 g/mol. The number of aliphatic hydroxyl groups excluding tert-OH is 1. The summed E-state index contributed by atoms with van der Waals surface area (Å²) in [6.45, 7) is 1.88. The maximum absolute atomic E-state index is 12.2. The van der Waals surface area contributed by atoms with Crippen LogP contribution < -0.4 is 5.73 Å². The van der Waals surface area contributed by atoms with Crippen molar-refractivity contribution < 1.29 is 13.5 Å². The second-order valence-electron chi connectivity index (χ2n) is 4.35. The lowest BCUT2D eigenvalue weighted by atomic mass is 10.2. The fourth-order valence-corrected chi connectivity index (χ4v) is 2.78. The summed E-state index contributed by atoms with van der Waals surface area (Å²) in [6, 6.07) is 6.11. The first-order valence-electron chi connectivity index (χ1n) is 5.79. The van der Waals surface area contributed by atoms with Crippen molar-refractivity contribution in [3.63, 3.8) is 0 Å². The Kier molecular flexibility index (Phi) is 5.42. The van der Waals surface area contributed by atoms with E-state index < -0.39 is 16.1 Å². The summed E-state index contributed by atoms with van der Waals surface area (Å²) in [6.07, 6.45) is -0.143. The third kappa shape index (κ3) is 4.24. The Labute approximate surface area is 119 Å². The van der Waals surface area contributed by atoms with Gasteiger partial charge >= 0.3 is 0 Å². The third-order valence-corrected chi connectivity index (χ3v) is 4.82. The standard InChI is InChI=1S/C12H18N2O3S2/c1-9(15)7-8-14(2)19(16,17)11-5-3-10(4-6-11)12(13)18/h3-6,9,15H,7-8H2,1-2H3,(H2,13,18). The highest BCUT2D eigenvalue weighted by Gasteiger charge is 2.20. The minimum atomic E-state index is -3.54. The molecule has 1 atom stereocenters. The van der Waals surface area contributed by atoms with Gasteiger partial charge in [0.15, 0.2) is 0 Å². The van der Waals surface area contributed by atoms with E-state index in [4.69, 9.17) is 18.0 Å². The second-order valence-corrected chi connectivity index (χ2v) is 6.84. The number of rotatable bonds is 6. The fraction of sp³-hybridized carbons (Fsp3) is 0.417. The summed E-state index contributed by atoms with van der Waals surface area (Å²) >= 11 is 4.81. The molecule has 0 aliphatic heterocycles. The van der Waals surface area contributed by atoms with E-state index in [0.717, 1.165) is 0 Å². The Balaban J connectivity index is 2.90. The molecule has 0 saturated carbocycles. The molecule has 0 spiro atoms. The zero-order valence-corrected chi connectivity index (χ0v) is 12.5. The Morgan fingerprint density at radius 1 is 1.42 bits per heavy atom. The maximum atomic E-state index is 12.2. The maximum Gasteiger partial charge on any atom is 0.242 e. The molecule has 0 saturated heterocycles. The first-order valence-corrected chi connectivity index (χ1v) is 7.64. The zero-order chi connectivity index (χ0) is 14.6. The van der Waals surface area contributed by atoms with Crippen LogP contribution in [-0.4, -0.2) is 42.5 Å². The Bertz CT molecular complexity index is 539. The first kappa shape index (κ1) is 16.0. The van der Waals surface area contributed by atoms with Crippen LogP contribution in [0.25, 0.3) is 0 Å². The summed E-state index contributed by atoms with van der Waals surface area (Å²) in [7, 11) is -2.05. The van der Waals surface area contributed by atoms with E-state index in [1.807, 2.05) is 0 Å². The van der Waals surface area contributed by atoms with Gasteiger partial charge in [-0.05, 0) is 25.5 Å². The van der Waals surface area contributed by atoms with E-state index in [0.29, 0.717) is 12.0 Å². The van der Waals surface area contributed by atoms with Crippen LogP contribution in [0.3, 0.4) is 0 Å². The molecule has 3 N–H and O–H groups in total. The lowest BCUT2D eigenvalue weighted by Crippen LogP contribution is -2.29. The highest BCUT2D eigenvalue weighted by molar-refractivity contribution is 7.89. The molecule has 1 rings (SSSR count). The van der Waals surface area contributed by atoms with Gasteiger partial charge in [0, 0.05) is 19.2 Å². The molecule has 0 fully saturated rings. The van der Waals surface area contributed by atoms with Gasteiger partial charge in [-0.25, -0.2) is 12.7 Å². The van der Waals surface area contributed by atoms with Gasteiger partial charge in [-0.15, -0.1) is 0 Å². The summed E-state index contributed by atoms with van der Waals surface area (Å²) in [5.41, 5.74) is 6.08. The minimum Gasteiger partial charge on any atom is -0.393 e. The molecule has 1 unspecified atom stereocenters. The minimum absolute atomic E-state index is 0.181. The summed E-state index contributed by atoms with van der Waals surface area (Å²) in [5.74, 6) is 0. The molecule has 0 aromatic heterocycles. The van der Waals surface area contributed by atoms with E-state index in [1.165, 1.54) is 23.5 Å². The second kappa shape index (κ2) is 6.42. The van der Waals surface area contributed by atoms with Crippen LogP contribution in [0, 0.1) is 0 Å². The van der Waals surface area contributed by atoms with Crippen LogP contribution in [0.15, 0.2) is 29.2 Å². The van der Waals surface area contributed by atoms with Crippen LogP contribution in [-0.2, 0) is 10.0 Å². The molecule has 19 heavy (non-hydrogen) atoms. The van der Waals surface area contributed by atoms with Crippen LogP contribution >= 0.6 is 12.2 Å². The van der Waals surface area contributed by atoms with Crippen LogP contribution in [0.1, 0.15) is 18.9 Å². The van der Waals surface area contributed by atoms with Gasteiger partial charge in [0.2, 0.25) is 10.0 Å². The van der Waals surface area contributed by atoms with Crippen molar-refractivity contribution in [3.8, 4) is 0 Å². The van der Waals surface area contributed by atoms with Gasteiger partial charge < -0.3 is 10.8 Å². The highest BCUT2D eigenvalue weighted by Crippen LogP contribution is 2.15. The van der Waals surface area contributed by atoms with Gasteiger partial charge in [-0.1, -0.05) is 24.4 Å². The van der Waals surface area contributed by atoms with E-state index in [1.54, 1.807) is 19.1 Å². The van der Waals surface area contributed by atoms with Crippen molar-refractivity contribution in [1.29, 1.82) is 0 Å². The zero-order valence-electron chi connectivity index (χ0n) is 10.9. The predicted octanol–water partition coefficient (Wildman–Crippen LogP) is 0.712. The molecule has 1 aromatic carbocycles. The van der Waals surface area contributed by atoms with Crippen molar-refractivity contribution in [1.82, 2.24) is 4.31 Å². The van der Waals surface area contributed by atoms with Crippen molar-refractivity contribution >= 4 is 27.2 Å². The highest BCUT2D eigenvalue weighted by atomic mass is 32.2. The van der Waals surface area contributed by atoms with Gasteiger partial charge in [0.1, 0.15) is 4.99 Å². The number of benzene rings is 1. The number of hydrogen-bond acceptors (Lipinski definition) is 4. The van der Waals surface area contributed by atoms with Crippen LogP contribution in [0.5, 0.6) is 0 Å². The summed E-state index contributed by atoms with van der Waals surface area (Å²) < 4.78 is 25.6. The normalized spacial score (nSPS) is 13.5. The van der Waals surface area contributed by atoms with Crippen LogP contribution in [0.2, 0.25) is 0 Å². The molecule has 106 valence electrons. The SMILES string of the molecule is CC(O)CCN(C)S(=O)(=O)c1ccc(C(N)=S)cc1. The van der Waals surface area contributed by atoms with E-state index >= 15 is 0 Å². The fourth-order valence-electron chi connectivity index (χ4n) is 1.46. The molecule has 5 nitrogen and oxygen atoms in total. The molecule has 0 radical (unpaired) electrons. The van der Waals surface area contributed by atoms with E-state index in [9.17, 15) is 13.5 Å². The number of nitrogens with two attached hydrogens (primary N) is 1. The molecular weight excluding hydrogens is 284 g/mol. The smallest absolute Gasteiger partial charge is 0.242 e. The number of thiocarbonyl (C=S) groups is 1. The average Bonchev–Trinajstić information content (AvgIpc) is 2.35. The quantitative estimate of drug-likeness (QED) is 0.756. The Hall–Kier alpha value is -1.02. The topological polar surface area (TPSA) is 83.6 Å².